The average molecular weight is 485 g/mol. The molecule has 2 aromatic carbocycles. The first kappa shape index (κ1) is 24.8. The Morgan fingerprint density at radius 3 is 2.61 bits per heavy atom. The van der Waals surface area contributed by atoms with Gasteiger partial charge in [-0.1, -0.05) is 48.6 Å². The highest BCUT2D eigenvalue weighted by atomic mass is 32.2. The van der Waals surface area contributed by atoms with Crippen molar-refractivity contribution in [3.8, 4) is 11.5 Å². The van der Waals surface area contributed by atoms with Crippen LogP contribution in [0.4, 0.5) is 5.69 Å². The van der Waals surface area contributed by atoms with Gasteiger partial charge in [-0.2, -0.15) is 0 Å². The van der Waals surface area contributed by atoms with E-state index in [-0.39, 0.29) is 11.8 Å². The first-order valence-electron chi connectivity index (χ1n) is 10.7. The summed E-state index contributed by atoms with van der Waals surface area (Å²) in [5.74, 6) is 1.16. The number of ether oxygens (including phenoxy) is 2. The molecule has 0 aliphatic carbocycles. The third-order valence-electron chi connectivity index (χ3n) is 5.17. The molecule has 0 radical (unpaired) electrons. The van der Waals surface area contributed by atoms with Gasteiger partial charge in [-0.15, -0.1) is 0 Å². The summed E-state index contributed by atoms with van der Waals surface area (Å²) in [4.78, 5) is 27.2. The number of methoxy groups -OCH3 is 2. The smallest absolute Gasteiger partial charge is 0.266 e. The summed E-state index contributed by atoms with van der Waals surface area (Å²) in [6.45, 7) is 2.54. The SMILES string of the molecule is COc1ccc(/C=C2\SC(=S)N(CCCCCC(=O)Nc3cccc(C)c3)C2=O)cc1OC. The molecule has 2 aromatic rings. The molecule has 0 aromatic heterocycles. The molecule has 6 nitrogen and oxygen atoms in total. The van der Waals surface area contributed by atoms with Crippen LogP contribution < -0.4 is 14.8 Å². The molecule has 1 saturated heterocycles. The van der Waals surface area contributed by atoms with E-state index in [2.05, 4.69) is 5.32 Å². The summed E-state index contributed by atoms with van der Waals surface area (Å²) in [5.41, 5.74) is 2.77. The van der Waals surface area contributed by atoms with Gasteiger partial charge >= 0.3 is 0 Å². The average Bonchev–Trinajstić information content (AvgIpc) is 3.05. The van der Waals surface area contributed by atoms with Crippen LogP contribution in [0.3, 0.4) is 0 Å². The molecular weight excluding hydrogens is 456 g/mol. The maximum absolute atomic E-state index is 12.8. The summed E-state index contributed by atoms with van der Waals surface area (Å²) in [5, 5.41) is 2.92. The lowest BCUT2D eigenvalue weighted by Gasteiger charge is -2.14. The van der Waals surface area contributed by atoms with E-state index in [1.54, 1.807) is 25.2 Å². The lowest BCUT2D eigenvalue weighted by atomic mass is 10.1. The van der Waals surface area contributed by atoms with E-state index in [1.807, 2.05) is 49.4 Å². The molecule has 0 bridgehead atoms. The molecule has 1 fully saturated rings. The minimum Gasteiger partial charge on any atom is -0.493 e. The van der Waals surface area contributed by atoms with Crippen LogP contribution in [0.5, 0.6) is 11.5 Å². The van der Waals surface area contributed by atoms with Crippen LogP contribution in [-0.4, -0.2) is 41.8 Å². The van der Waals surface area contributed by atoms with Gasteiger partial charge in [0.25, 0.3) is 5.91 Å². The van der Waals surface area contributed by atoms with E-state index in [4.69, 9.17) is 21.7 Å². The molecule has 174 valence electrons. The second-order valence-corrected chi connectivity index (χ2v) is 9.35. The summed E-state index contributed by atoms with van der Waals surface area (Å²) < 4.78 is 11.1. The number of aryl methyl sites for hydroxylation is 1. The van der Waals surface area contributed by atoms with Gasteiger partial charge in [0.15, 0.2) is 11.5 Å². The summed E-state index contributed by atoms with van der Waals surface area (Å²) in [7, 11) is 3.16. The van der Waals surface area contributed by atoms with Crippen LogP contribution >= 0.6 is 24.0 Å². The van der Waals surface area contributed by atoms with Crippen molar-refractivity contribution >= 4 is 51.9 Å². The number of amides is 2. The number of rotatable bonds is 10. The van der Waals surface area contributed by atoms with Crippen LogP contribution in [0, 0.1) is 6.92 Å². The van der Waals surface area contributed by atoms with E-state index in [0.717, 1.165) is 36.1 Å². The normalized spacial score (nSPS) is 14.6. The van der Waals surface area contributed by atoms with E-state index >= 15 is 0 Å². The van der Waals surface area contributed by atoms with Gasteiger partial charge in [-0.3, -0.25) is 14.5 Å². The Balaban J connectivity index is 1.46. The number of carbonyl (C=O) groups is 2. The maximum Gasteiger partial charge on any atom is 0.266 e. The van der Waals surface area contributed by atoms with E-state index in [9.17, 15) is 9.59 Å². The molecule has 33 heavy (non-hydrogen) atoms. The van der Waals surface area contributed by atoms with Crippen LogP contribution in [0.25, 0.3) is 6.08 Å². The highest BCUT2D eigenvalue weighted by Gasteiger charge is 2.31. The number of hydrogen-bond donors (Lipinski definition) is 1. The lowest BCUT2D eigenvalue weighted by Crippen LogP contribution is -2.29. The molecule has 2 amide bonds. The predicted molar refractivity (Wildman–Crippen MR) is 138 cm³/mol. The fourth-order valence-electron chi connectivity index (χ4n) is 3.47. The first-order valence-corrected chi connectivity index (χ1v) is 12.0. The van der Waals surface area contributed by atoms with Gasteiger partial charge in [-0.25, -0.2) is 0 Å². The van der Waals surface area contributed by atoms with Crippen LogP contribution in [0.2, 0.25) is 0 Å². The quantitative estimate of drug-likeness (QED) is 0.276. The minimum atomic E-state index is -0.0861. The molecule has 0 atom stereocenters. The molecule has 0 unspecified atom stereocenters. The lowest BCUT2D eigenvalue weighted by molar-refractivity contribution is -0.122. The second-order valence-electron chi connectivity index (χ2n) is 7.68. The van der Waals surface area contributed by atoms with E-state index < -0.39 is 0 Å². The summed E-state index contributed by atoms with van der Waals surface area (Å²) in [6, 6.07) is 13.3. The van der Waals surface area contributed by atoms with Crippen molar-refractivity contribution in [1.29, 1.82) is 0 Å². The van der Waals surface area contributed by atoms with Gasteiger partial charge in [0, 0.05) is 18.7 Å². The highest BCUT2D eigenvalue weighted by molar-refractivity contribution is 8.26. The predicted octanol–water partition coefficient (Wildman–Crippen LogP) is 5.41. The van der Waals surface area contributed by atoms with Crippen molar-refractivity contribution in [3.05, 3.63) is 58.5 Å². The number of nitrogens with zero attached hydrogens (tertiary/aromatic N) is 1. The number of nitrogens with one attached hydrogen (secondary N) is 1. The monoisotopic (exact) mass is 484 g/mol. The van der Waals surface area contributed by atoms with Crippen LogP contribution in [0.15, 0.2) is 47.4 Å². The third kappa shape index (κ3) is 6.82. The Morgan fingerprint density at radius 2 is 1.88 bits per heavy atom. The van der Waals surface area contributed by atoms with Gasteiger partial charge < -0.3 is 14.8 Å². The topological polar surface area (TPSA) is 67.9 Å². The van der Waals surface area contributed by atoms with Crippen molar-refractivity contribution in [1.82, 2.24) is 4.90 Å². The Labute approximate surface area is 204 Å². The van der Waals surface area contributed by atoms with Crippen LogP contribution in [-0.2, 0) is 9.59 Å². The largest absolute Gasteiger partial charge is 0.493 e. The third-order valence-corrected chi connectivity index (χ3v) is 6.54. The van der Waals surface area contributed by atoms with Crippen molar-refractivity contribution in [3.63, 3.8) is 0 Å². The maximum atomic E-state index is 12.8. The zero-order valence-electron chi connectivity index (χ0n) is 19.1. The van der Waals surface area contributed by atoms with Gasteiger partial charge in [0.2, 0.25) is 5.91 Å². The molecular formula is C25H28N2O4S2. The molecule has 1 aliphatic heterocycles. The molecule has 3 rings (SSSR count). The fraction of sp³-hybridized carbons (Fsp3) is 0.320. The van der Waals surface area contributed by atoms with E-state index in [0.29, 0.717) is 33.7 Å². The van der Waals surface area contributed by atoms with E-state index in [1.165, 1.54) is 11.8 Å². The fourth-order valence-corrected chi connectivity index (χ4v) is 4.77. The number of anilines is 1. The summed E-state index contributed by atoms with van der Waals surface area (Å²) >= 11 is 6.72. The second kappa shape index (κ2) is 11.9. The van der Waals surface area contributed by atoms with Crippen molar-refractivity contribution in [2.24, 2.45) is 0 Å². The molecule has 8 heteroatoms. The first-order chi connectivity index (χ1) is 15.9. The van der Waals surface area contributed by atoms with Crippen molar-refractivity contribution in [2.75, 3.05) is 26.1 Å². The molecule has 1 N–H and O–H groups in total. The number of thiocarbonyl (C=S) groups is 1. The van der Waals surface area contributed by atoms with Crippen molar-refractivity contribution < 1.29 is 19.1 Å². The molecule has 0 spiro atoms. The van der Waals surface area contributed by atoms with Gasteiger partial charge in [-0.05, 0) is 61.2 Å². The number of carbonyl (C=O) groups excluding carboxylic acids is 2. The Bertz CT molecular complexity index is 1070. The number of thioether (sulfide) groups is 1. The van der Waals surface area contributed by atoms with Gasteiger partial charge in [0.1, 0.15) is 4.32 Å². The number of benzene rings is 2. The molecule has 1 aliphatic rings. The van der Waals surface area contributed by atoms with Gasteiger partial charge in [0.05, 0.1) is 19.1 Å². The Hall–Kier alpha value is -2.84. The number of hydrogen-bond acceptors (Lipinski definition) is 6. The number of unbranched alkanes of at least 4 members (excludes halogenated alkanes) is 2. The zero-order valence-corrected chi connectivity index (χ0v) is 20.7. The summed E-state index contributed by atoms with van der Waals surface area (Å²) in [6.07, 6.45) is 4.65. The minimum absolute atomic E-state index is 0.00376. The Morgan fingerprint density at radius 1 is 1.09 bits per heavy atom. The standard InChI is InChI=1S/C25H28N2O4S2/c1-17-8-7-9-19(14-17)26-23(28)10-5-4-6-13-27-24(29)22(33-25(27)32)16-18-11-12-20(30-2)21(15-18)31-3/h7-9,11-12,14-16H,4-6,10,13H2,1-3H3,(H,26,28)/b22-16-. The van der Waals surface area contributed by atoms with Crippen molar-refractivity contribution in [2.45, 2.75) is 32.6 Å². The van der Waals surface area contributed by atoms with Crippen LogP contribution in [0.1, 0.15) is 36.8 Å². The highest BCUT2D eigenvalue weighted by Crippen LogP contribution is 2.34. The molecule has 0 saturated carbocycles. The Kier molecular flexibility index (Phi) is 8.91. The molecule has 1 heterocycles. The zero-order chi connectivity index (χ0) is 23.8.